The van der Waals surface area contributed by atoms with E-state index in [1.165, 1.54) is 0 Å². The molecule has 1 unspecified atom stereocenters. The summed E-state index contributed by atoms with van der Waals surface area (Å²) < 4.78 is 24.1. The van der Waals surface area contributed by atoms with Crippen molar-refractivity contribution in [2.24, 2.45) is 0 Å². The van der Waals surface area contributed by atoms with Gasteiger partial charge in [-0.15, -0.1) is 0 Å². The average Bonchev–Trinajstić information content (AvgIpc) is 1.65. The van der Waals surface area contributed by atoms with Crippen molar-refractivity contribution in [1.29, 1.82) is 0 Å². The van der Waals surface area contributed by atoms with Gasteiger partial charge in [-0.2, -0.15) is 0 Å². The zero-order valence-corrected chi connectivity index (χ0v) is 7.87. The molecule has 0 aromatic carbocycles. The van der Waals surface area contributed by atoms with Crippen LogP contribution < -0.4 is 5.11 Å². The van der Waals surface area contributed by atoms with Crippen LogP contribution in [0.4, 0.5) is 0 Å². The Morgan fingerprint density at radius 1 is 1.60 bits per heavy atom. The van der Waals surface area contributed by atoms with Gasteiger partial charge in [0.25, 0.3) is 5.97 Å². The van der Waals surface area contributed by atoms with Gasteiger partial charge in [0.05, 0.1) is 11.4 Å². The molecule has 0 rings (SSSR count). The Labute approximate surface area is 89.4 Å². The van der Waals surface area contributed by atoms with E-state index in [0.29, 0.717) is 0 Å². The van der Waals surface area contributed by atoms with Crippen LogP contribution in [-0.4, -0.2) is 68.7 Å². The van der Waals surface area contributed by atoms with Gasteiger partial charge in [-0.25, -0.2) is 4.21 Å². The maximum atomic E-state index is 9.06. The van der Waals surface area contributed by atoms with E-state index in [-0.39, 0.29) is 37.7 Å². The maximum Gasteiger partial charge on any atom is 2.00 e. The van der Waals surface area contributed by atoms with Crippen molar-refractivity contribution in [2.45, 2.75) is 0 Å². The fraction of sp³-hybridized carbons (Fsp3) is 0.500. The molecular formula is C2H4CaO6S. The fourth-order valence-corrected chi connectivity index (χ4v) is 0. The number of rotatable bonds is 1. The minimum absolute atomic E-state index is 0. The molecule has 0 aliphatic rings. The summed E-state index contributed by atoms with van der Waals surface area (Å²) in [5.74, 6) is -1.30. The van der Waals surface area contributed by atoms with Gasteiger partial charge in [-0.05, 0) is 6.61 Å². The Balaban J connectivity index is -0.0000000910. The van der Waals surface area contributed by atoms with Crippen molar-refractivity contribution in [3.63, 3.8) is 0 Å². The normalized spacial score (nSPS) is 9.90. The van der Waals surface area contributed by atoms with Crippen LogP contribution in [-0.2, 0) is 16.2 Å². The molecule has 0 aliphatic carbocycles. The second-order valence-corrected chi connectivity index (χ2v) is 1.19. The zero-order chi connectivity index (χ0) is 7.86. The quantitative estimate of drug-likeness (QED) is 0.350. The molecule has 56 valence electrons. The molecule has 0 radical (unpaired) electrons. The summed E-state index contributed by atoms with van der Waals surface area (Å²) in [5.41, 5.74) is 0. The second-order valence-electron chi connectivity index (χ2n) is 0.755. The minimum Gasteiger partial charge on any atom is -0.846 e. The fourth-order valence-electron chi connectivity index (χ4n) is 0. The van der Waals surface area contributed by atoms with Crippen LogP contribution >= 0.6 is 0 Å². The maximum absolute atomic E-state index is 9.06. The van der Waals surface area contributed by atoms with Crippen molar-refractivity contribution in [3.8, 4) is 0 Å². The third-order valence-electron chi connectivity index (χ3n) is 0.123. The zero-order valence-electron chi connectivity index (χ0n) is 4.85. The van der Waals surface area contributed by atoms with Crippen LogP contribution in [0.1, 0.15) is 0 Å². The Kier molecular flexibility index (Phi) is 21.2. The van der Waals surface area contributed by atoms with Gasteiger partial charge in [0, 0.05) is 0 Å². The molecular weight excluding hydrogens is 192 g/mol. The SMILES string of the molecule is O=C(O)C[O-].O=S([O-])O.[Ca+2]. The molecule has 0 aromatic heterocycles. The van der Waals surface area contributed by atoms with Crippen LogP contribution in [0, 0.1) is 0 Å². The first-order valence-corrected chi connectivity index (χ1v) is 2.62. The molecule has 0 fully saturated rings. The summed E-state index contributed by atoms with van der Waals surface area (Å²) in [6.07, 6.45) is 0. The van der Waals surface area contributed by atoms with Crippen LogP contribution in [0.2, 0.25) is 0 Å². The number of hydrogen-bond acceptors (Lipinski definition) is 4. The molecule has 10 heavy (non-hydrogen) atoms. The first kappa shape index (κ1) is 17.0. The van der Waals surface area contributed by atoms with Gasteiger partial charge in [-0.3, -0.25) is 4.79 Å². The van der Waals surface area contributed by atoms with E-state index >= 15 is 0 Å². The van der Waals surface area contributed by atoms with Crippen LogP contribution in [0.15, 0.2) is 0 Å². The topological polar surface area (TPSA) is 121 Å². The molecule has 0 amide bonds. The van der Waals surface area contributed by atoms with E-state index in [0.717, 1.165) is 0 Å². The van der Waals surface area contributed by atoms with Crippen molar-refractivity contribution in [3.05, 3.63) is 0 Å². The molecule has 0 bridgehead atoms. The molecule has 2 N–H and O–H groups in total. The van der Waals surface area contributed by atoms with Gasteiger partial charge >= 0.3 is 37.7 Å². The Morgan fingerprint density at radius 3 is 1.70 bits per heavy atom. The van der Waals surface area contributed by atoms with E-state index in [2.05, 4.69) is 0 Å². The van der Waals surface area contributed by atoms with E-state index in [1.54, 1.807) is 0 Å². The first-order chi connectivity index (χ1) is 4.00. The third-order valence-corrected chi connectivity index (χ3v) is 0.123. The molecule has 0 spiro atoms. The first-order valence-electron chi connectivity index (χ1n) is 1.59. The molecule has 0 heterocycles. The molecule has 6 nitrogen and oxygen atoms in total. The minimum atomic E-state index is -2.86. The summed E-state index contributed by atoms with van der Waals surface area (Å²) in [6, 6.07) is 0. The van der Waals surface area contributed by atoms with Gasteiger partial charge in [0.15, 0.2) is 0 Å². The van der Waals surface area contributed by atoms with E-state index < -0.39 is 23.9 Å². The molecule has 0 saturated carbocycles. The van der Waals surface area contributed by atoms with Crippen molar-refractivity contribution in [1.82, 2.24) is 0 Å². The van der Waals surface area contributed by atoms with E-state index in [1.807, 2.05) is 0 Å². The number of carboxylic acids is 1. The van der Waals surface area contributed by atoms with Crippen molar-refractivity contribution >= 4 is 55.1 Å². The van der Waals surface area contributed by atoms with Crippen LogP contribution in [0.5, 0.6) is 0 Å². The summed E-state index contributed by atoms with van der Waals surface area (Å²) in [5, 5.41) is 16.4. The molecule has 8 heteroatoms. The summed E-state index contributed by atoms with van der Waals surface area (Å²) in [7, 11) is 0. The van der Waals surface area contributed by atoms with Crippen LogP contribution in [0.3, 0.4) is 0 Å². The largest absolute Gasteiger partial charge is 2.00 e. The number of carbonyl (C=O) groups is 1. The summed E-state index contributed by atoms with van der Waals surface area (Å²) in [4.78, 5) is 9.06. The van der Waals surface area contributed by atoms with Gasteiger partial charge in [0.1, 0.15) is 0 Å². The Hall–Kier alpha value is 0.760. The average molecular weight is 196 g/mol. The van der Waals surface area contributed by atoms with Crippen molar-refractivity contribution < 1.29 is 28.3 Å². The Morgan fingerprint density at radius 2 is 1.70 bits per heavy atom. The molecule has 0 aliphatic heterocycles. The van der Waals surface area contributed by atoms with Gasteiger partial charge in [-0.1, -0.05) is 0 Å². The summed E-state index contributed by atoms with van der Waals surface area (Å²) >= 11 is -2.86. The van der Waals surface area contributed by atoms with Gasteiger partial charge < -0.3 is 19.3 Å². The molecule has 0 aromatic rings. The van der Waals surface area contributed by atoms with E-state index in [4.69, 9.17) is 28.3 Å². The Bertz CT molecular complexity index is 99.9. The van der Waals surface area contributed by atoms with Crippen LogP contribution in [0.25, 0.3) is 0 Å². The summed E-state index contributed by atoms with van der Waals surface area (Å²) in [6.45, 7) is -1.03. The predicted octanol–water partition coefficient (Wildman–Crippen LogP) is -2.61. The molecule has 0 saturated heterocycles. The van der Waals surface area contributed by atoms with E-state index in [9.17, 15) is 0 Å². The number of hydrogen-bond donors (Lipinski definition) is 2. The smallest absolute Gasteiger partial charge is 0.846 e. The second kappa shape index (κ2) is 12.4. The monoisotopic (exact) mass is 196 g/mol. The molecule has 1 atom stereocenters. The predicted molar refractivity (Wildman–Crippen MR) is 29.8 cm³/mol. The third kappa shape index (κ3) is 69.3. The van der Waals surface area contributed by atoms with Gasteiger partial charge in [0.2, 0.25) is 0 Å². The number of aliphatic carboxylic acids is 1. The standard InChI is InChI=1S/C2H3O3.Ca.H2O3S/c3-1-2(4)5;;1-4(2)3/h1H2,(H,4,5);;(H2,1,2,3)/q-1;+2;/p-1. The number of carboxylic acid groups (broad SMARTS) is 1. The van der Waals surface area contributed by atoms with Crippen molar-refractivity contribution in [2.75, 3.05) is 6.61 Å².